The van der Waals surface area contributed by atoms with Crippen molar-refractivity contribution in [2.24, 2.45) is 4.99 Å². The molecule has 0 saturated carbocycles. The van der Waals surface area contributed by atoms with Crippen LogP contribution in [0, 0.1) is 0 Å². The summed E-state index contributed by atoms with van der Waals surface area (Å²) in [5.74, 6) is 2.03. The Bertz CT molecular complexity index is 746. The minimum atomic E-state index is -3.36. The third-order valence-electron chi connectivity index (χ3n) is 4.53. The van der Waals surface area contributed by atoms with Crippen molar-refractivity contribution in [1.29, 1.82) is 0 Å². The number of guanidine groups is 1. The van der Waals surface area contributed by atoms with Crippen LogP contribution in [0.1, 0.15) is 32.6 Å². The molecule has 0 spiro atoms. The first kappa shape index (κ1) is 26.0. The van der Waals surface area contributed by atoms with Gasteiger partial charge in [0, 0.05) is 55.1 Å². The maximum absolute atomic E-state index is 12.6. The largest absolute Gasteiger partial charge is 0.356 e. The molecule has 1 aromatic heterocycles. The van der Waals surface area contributed by atoms with E-state index in [0.29, 0.717) is 17.3 Å². The molecule has 0 bridgehead atoms. The van der Waals surface area contributed by atoms with Crippen molar-refractivity contribution in [2.75, 3.05) is 45.5 Å². The smallest absolute Gasteiger partial charge is 0.252 e. The van der Waals surface area contributed by atoms with E-state index in [1.54, 1.807) is 6.07 Å². The zero-order chi connectivity index (χ0) is 20.1. The molecule has 0 unspecified atom stereocenters. The molecule has 1 aliphatic rings. The molecule has 0 amide bonds. The van der Waals surface area contributed by atoms with Crippen molar-refractivity contribution in [2.45, 2.75) is 43.1 Å². The van der Waals surface area contributed by atoms with Crippen molar-refractivity contribution >= 4 is 63.1 Å². The molecule has 1 saturated heterocycles. The maximum atomic E-state index is 12.6. The average Bonchev–Trinajstić information content (AvgIpc) is 3.08. The van der Waals surface area contributed by atoms with E-state index in [0.717, 1.165) is 42.6 Å². The fourth-order valence-electron chi connectivity index (χ4n) is 3.15. The second kappa shape index (κ2) is 11.4. The summed E-state index contributed by atoms with van der Waals surface area (Å²) in [5.41, 5.74) is 0. The van der Waals surface area contributed by atoms with Gasteiger partial charge in [0.1, 0.15) is 4.21 Å². The predicted molar refractivity (Wildman–Crippen MR) is 133 cm³/mol. The fraction of sp³-hybridized carbons (Fsp3) is 0.722. The zero-order valence-electron chi connectivity index (χ0n) is 17.4. The van der Waals surface area contributed by atoms with Crippen LogP contribution in [0.25, 0.3) is 0 Å². The number of nitrogens with zero attached hydrogens (tertiary/aromatic N) is 3. The van der Waals surface area contributed by atoms with Crippen LogP contribution in [0.5, 0.6) is 0 Å². The summed E-state index contributed by atoms with van der Waals surface area (Å²) < 4.78 is 27.4. The van der Waals surface area contributed by atoms with E-state index >= 15 is 0 Å². The van der Waals surface area contributed by atoms with Gasteiger partial charge >= 0.3 is 0 Å². The van der Waals surface area contributed by atoms with E-state index in [2.05, 4.69) is 29.1 Å². The van der Waals surface area contributed by atoms with Gasteiger partial charge in [0.25, 0.3) is 10.0 Å². The molecule has 0 radical (unpaired) electrons. The van der Waals surface area contributed by atoms with Crippen LogP contribution in [-0.2, 0) is 16.4 Å². The number of nitrogens with one attached hydrogen (secondary N) is 1. The molecule has 2 heterocycles. The second-order valence-electron chi connectivity index (χ2n) is 7.06. The van der Waals surface area contributed by atoms with Gasteiger partial charge in [0.15, 0.2) is 5.96 Å². The summed E-state index contributed by atoms with van der Waals surface area (Å²) in [5, 5.41) is 3.43. The van der Waals surface area contributed by atoms with Crippen LogP contribution in [0.3, 0.4) is 0 Å². The van der Waals surface area contributed by atoms with Crippen molar-refractivity contribution < 1.29 is 8.42 Å². The molecule has 0 aromatic carbocycles. The Labute approximate surface area is 195 Å². The Morgan fingerprint density at radius 2 is 2.00 bits per heavy atom. The monoisotopic (exact) mass is 560 g/mol. The third kappa shape index (κ3) is 6.75. The summed E-state index contributed by atoms with van der Waals surface area (Å²) in [6.45, 7) is 12.0. The molecule has 10 heteroatoms. The average molecular weight is 561 g/mol. The van der Waals surface area contributed by atoms with Crippen molar-refractivity contribution in [1.82, 2.24) is 14.5 Å². The van der Waals surface area contributed by atoms with Crippen LogP contribution in [-0.4, -0.2) is 73.9 Å². The summed E-state index contributed by atoms with van der Waals surface area (Å²) in [6.07, 6.45) is 0.781. The van der Waals surface area contributed by atoms with Crippen molar-refractivity contribution in [3.8, 4) is 0 Å². The molecule has 0 aliphatic carbocycles. The van der Waals surface area contributed by atoms with Crippen LogP contribution >= 0.6 is 47.1 Å². The SMILES string of the molecule is CCN(CC)S(=O)(=O)c1ccc(CCNC(=NC)N2CCSC(C)(C)C2)s1.I. The van der Waals surface area contributed by atoms with Gasteiger partial charge < -0.3 is 10.2 Å². The highest BCUT2D eigenvalue weighted by atomic mass is 127. The topological polar surface area (TPSA) is 65.0 Å². The van der Waals surface area contributed by atoms with Gasteiger partial charge in [-0.15, -0.1) is 35.3 Å². The van der Waals surface area contributed by atoms with Crippen LogP contribution in [0.4, 0.5) is 0 Å². The number of hydrogen-bond acceptors (Lipinski definition) is 5. The first-order valence-electron chi connectivity index (χ1n) is 9.42. The standard InChI is InChI=1S/C18H32N4O2S3.HI/c1-6-22(7-2)27(23,24)16-9-8-15(26-16)10-11-20-17(19-5)21-12-13-25-18(3,4)14-21;/h8-9H,6-7,10-14H2,1-5H3,(H,19,20);1H. The van der Waals surface area contributed by atoms with Crippen LogP contribution in [0.15, 0.2) is 21.3 Å². The third-order valence-corrected chi connectivity index (χ3v) is 9.49. The molecular weight excluding hydrogens is 527 g/mol. The van der Waals surface area contributed by atoms with Gasteiger partial charge in [0.2, 0.25) is 0 Å². The van der Waals surface area contributed by atoms with E-state index < -0.39 is 10.0 Å². The second-order valence-corrected chi connectivity index (χ2v) is 12.2. The number of hydrogen-bond donors (Lipinski definition) is 1. The summed E-state index contributed by atoms with van der Waals surface area (Å²) in [6, 6.07) is 3.65. The Kier molecular flexibility index (Phi) is 10.6. The zero-order valence-corrected chi connectivity index (χ0v) is 22.2. The minimum absolute atomic E-state index is 0. The summed E-state index contributed by atoms with van der Waals surface area (Å²) >= 11 is 3.37. The van der Waals surface area contributed by atoms with Crippen LogP contribution < -0.4 is 5.32 Å². The summed E-state index contributed by atoms with van der Waals surface area (Å²) in [4.78, 5) is 7.80. The van der Waals surface area contributed by atoms with Gasteiger partial charge in [-0.25, -0.2) is 8.42 Å². The molecule has 6 nitrogen and oxygen atoms in total. The lowest BCUT2D eigenvalue weighted by Gasteiger charge is -2.39. The van der Waals surface area contributed by atoms with Crippen molar-refractivity contribution in [3.05, 3.63) is 17.0 Å². The van der Waals surface area contributed by atoms with Gasteiger partial charge in [0.05, 0.1) is 0 Å². The first-order valence-corrected chi connectivity index (χ1v) is 12.7. The quantitative estimate of drug-likeness (QED) is 0.315. The molecular formula is C18H33IN4O2S3. The van der Waals surface area contributed by atoms with E-state index in [1.807, 2.05) is 38.7 Å². The normalized spacial score (nSPS) is 17.5. The van der Waals surface area contributed by atoms with E-state index in [9.17, 15) is 8.42 Å². The first-order chi connectivity index (χ1) is 12.7. The molecule has 162 valence electrons. The highest BCUT2D eigenvalue weighted by Crippen LogP contribution is 2.29. The highest BCUT2D eigenvalue weighted by Gasteiger charge is 2.28. The molecule has 1 N–H and O–H groups in total. The highest BCUT2D eigenvalue weighted by molar-refractivity contribution is 14.0. The van der Waals surface area contributed by atoms with Gasteiger partial charge in [-0.3, -0.25) is 4.99 Å². The number of aliphatic imine (C=N–C) groups is 1. The molecule has 1 aromatic rings. The number of sulfonamides is 1. The van der Waals surface area contributed by atoms with Gasteiger partial charge in [-0.05, 0) is 32.4 Å². The van der Waals surface area contributed by atoms with E-state index in [-0.39, 0.29) is 28.7 Å². The lowest BCUT2D eigenvalue weighted by molar-refractivity contribution is 0.376. The number of thiophene rings is 1. The Morgan fingerprint density at radius 3 is 2.57 bits per heavy atom. The Balaban J connectivity index is 0.00000392. The van der Waals surface area contributed by atoms with E-state index in [4.69, 9.17) is 0 Å². The summed E-state index contributed by atoms with van der Waals surface area (Å²) in [7, 11) is -1.54. The van der Waals surface area contributed by atoms with Gasteiger partial charge in [-0.2, -0.15) is 16.1 Å². The molecule has 1 fully saturated rings. The molecule has 2 rings (SSSR count). The fourth-order valence-corrected chi connectivity index (χ4v) is 7.23. The molecule has 28 heavy (non-hydrogen) atoms. The lowest BCUT2D eigenvalue weighted by Crippen LogP contribution is -2.51. The number of halogens is 1. The van der Waals surface area contributed by atoms with E-state index in [1.165, 1.54) is 15.6 Å². The number of rotatable bonds is 7. The molecule has 1 aliphatic heterocycles. The predicted octanol–water partition coefficient (Wildman–Crippen LogP) is 3.34. The Morgan fingerprint density at radius 1 is 1.32 bits per heavy atom. The maximum Gasteiger partial charge on any atom is 0.252 e. The minimum Gasteiger partial charge on any atom is -0.356 e. The lowest BCUT2D eigenvalue weighted by atomic mass is 10.2. The number of thioether (sulfide) groups is 1. The van der Waals surface area contributed by atoms with Crippen LogP contribution in [0.2, 0.25) is 0 Å². The molecule has 0 atom stereocenters. The Hall–Kier alpha value is -0.0400. The van der Waals surface area contributed by atoms with Crippen molar-refractivity contribution in [3.63, 3.8) is 0 Å². The van der Waals surface area contributed by atoms with Gasteiger partial charge in [-0.1, -0.05) is 13.8 Å².